The first-order valence-electron chi connectivity index (χ1n) is 5.36. The summed E-state index contributed by atoms with van der Waals surface area (Å²) < 4.78 is 26.0. The Morgan fingerprint density at radius 1 is 1.15 bits per heavy atom. The van der Waals surface area contributed by atoms with Crippen molar-refractivity contribution in [3.05, 3.63) is 0 Å². The zero-order valence-electron chi connectivity index (χ0n) is 9.08. The van der Waals surface area contributed by atoms with Gasteiger partial charge in [-0.1, -0.05) is 27.2 Å². The molecule has 0 aromatic rings. The zero-order valence-corrected chi connectivity index (χ0v) is 9.08. The molecule has 0 fully saturated rings. The topological polar surface area (TPSA) is 0 Å². The highest BCUT2D eigenvalue weighted by molar-refractivity contribution is 4.84. The van der Waals surface area contributed by atoms with E-state index in [1.165, 1.54) is 0 Å². The van der Waals surface area contributed by atoms with E-state index in [-0.39, 0.29) is 0 Å². The summed E-state index contributed by atoms with van der Waals surface area (Å²) in [5.41, 5.74) is -0.391. The highest BCUT2D eigenvalue weighted by Gasteiger charge is 2.35. The van der Waals surface area contributed by atoms with Crippen LogP contribution in [0.1, 0.15) is 52.9 Å². The molecule has 0 aliphatic carbocycles. The molecule has 0 aliphatic heterocycles. The molecule has 0 spiro atoms. The first-order valence-corrected chi connectivity index (χ1v) is 5.36. The maximum atomic E-state index is 13.7. The summed E-state index contributed by atoms with van der Waals surface area (Å²) in [6.45, 7) is 5.44. The molecule has 80 valence electrons. The summed E-state index contributed by atoms with van der Waals surface area (Å²) >= 11 is 0. The van der Waals surface area contributed by atoms with Crippen molar-refractivity contribution in [3.63, 3.8) is 0 Å². The van der Waals surface area contributed by atoms with Crippen molar-refractivity contribution >= 4 is 0 Å². The predicted octanol–water partition coefficient (Wildman–Crippen LogP) is 4.29. The molecular formula is C11H22F2. The van der Waals surface area contributed by atoms with Crippen LogP contribution in [0.3, 0.4) is 0 Å². The molecule has 0 saturated carbocycles. The Morgan fingerprint density at radius 2 is 1.77 bits per heavy atom. The van der Waals surface area contributed by atoms with Crippen LogP contribution in [0.5, 0.6) is 0 Å². The minimum Gasteiger partial charge on any atom is -0.251 e. The highest BCUT2D eigenvalue weighted by Crippen LogP contribution is 2.39. The van der Waals surface area contributed by atoms with Gasteiger partial charge < -0.3 is 0 Å². The molecule has 0 N–H and O–H groups in total. The fourth-order valence-corrected chi connectivity index (χ4v) is 2.13. The van der Waals surface area contributed by atoms with E-state index in [1.54, 1.807) is 0 Å². The molecule has 2 atom stereocenters. The smallest absolute Gasteiger partial charge is 0.106 e. The molecule has 2 heteroatoms. The van der Waals surface area contributed by atoms with E-state index in [1.807, 2.05) is 20.8 Å². The van der Waals surface area contributed by atoms with E-state index in [4.69, 9.17) is 0 Å². The van der Waals surface area contributed by atoms with Crippen LogP contribution in [0.15, 0.2) is 0 Å². The maximum absolute atomic E-state index is 13.7. The van der Waals surface area contributed by atoms with Gasteiger partial charge in [0, 0.05) is 5.41 Å². The average Bonchev–Trinajstić information content (AvgIpc) is 2.16. The van der Waals surface area contributed by atoms with E-state index in [9.17, 15) is 8.78 Å². The molecular weight excluding hydrogens is 170 g/mol. The van der Waals surface area contributed by atoms with Gasteiger partial charge in [-0.25, -0.2) is 4.39 Å². The fraction of sp³-hybridized carbons (Fsp3) is 1.00. The van der Waals surface area contributed by atoms with Gasteiger partial charge in [0.25, 0.3) is 0 Å². The summed E-state index contributed by atoms with van der Waals surface area (Å²) in [7, 11) is 0. The van der Waals surface area contributed by atoms with Gasteiger partial charge in [0.1, 0.15) is 6.17 Å². The Labute approximate surface area is 80.7 Å². The lowest BCUT2D eigenvalue weighted by Gasteiger charge is -2.34. The van der Waals surface area contributed by atoms with Crippen molar-refractivity contribution in [2.45, 2.75) is 59.0 Å². The Balaban J connectivity index is 4.42. The van der Waals surface area contributed by atoms with Crippen molar-refractivity contribution < 1.29 is 8.78 Å². The lowest BCUT2D eigenvalue weighted by molar-refractivity contribution is 0.0660. The minimum absolute atomic E-state index is 0.381. The van der Waals surface area contributed by atoms with E-state index in [0.717, 1.165) is 19.3 Å². The van der Waals surface area contributed by atoms with Crippen LogP contribution in [-0.2, 0) is 0 Å². The average molecular weight is 192 g/mol. The summed E-state index contributed by atoms with van der Waals surface area (Å²) in [5, 5.41) is 0. The van der Waals surface area contributed by atoms with Crippen LogP contribution in [0, 0.1) is 5.41 Å². The molecule has 0 bridgehead atoms. The quantitative estimate of drug-likeness (QED) is 0.564. The van der Waals surface area contributed by atoms with E-state index in [0.29, 0.717) is 12.8 Å². The largest absolute Gasteiger partial charge is 0.251 e. The second kappa shape index (κ2) is 6.33. The Kier molecular flexibility index (Phi) is 6.27. The highest BCUT2D eigenvalue weighted by atomic mass is 19.1. The Bertz CT molecular complexity index is 117. The first kappa shape index (κ1) is 12.9. The monoisotopic (exact) mass is 192 g/mol. The number of rotatable bonds is 7. The van der Waals surface area contributed by atoms with Crippen LogP contribution in [-0.4, -0.2) is 12.8 Å². The van der Waals surface area contributed by atoms with Gasteiger partial charge in [-0.2, -0.15) is 0 Å². The Hall–Kier alpha value is -0.140. The molecule has 0 nitrogen and oxygen atoms in total. The van der Waals surface area contributed by atoms with E-state index < -0.39 is 18.3 Å². The van der Waals surface area contributed by atoms with Crippen LogP contribution >= 0.6 is 0 Å². The second-order valence-electron chi connectivity index (χ2n) is 3.78. The summed E-state index contributed by atoms with van der Waals surface area (Å²) in [6, 6.07) is 0. The van der Waals surface area contributed by atoms with Gasteiger partial charge in [0.2, 0.25) is 0 Å². The van der Waals surface area contributed by atoms with Gasteiger partial charge in [-0.05, 0) is 25.7 Å². The lowest BCUT2D eigenvalue weighted by atomic mass is 9.73. The normalized spacial score (nSPS) is 18.2. The van der Waals surface area contributed by atoms with Crippen molar-refractivity contribution in [2.24, 2.45) is 5.41 Å². The molecule has 0 radical (unpaired) electrons. The summed E-state index contributed by atoms with van der Waals surface area (Å²) in [6.07, 6.45) is 2.55. The molecule has 0 rings (SSSR count). The van der Waals surface area contributed by atoms with Crippen molar-refractivity contribution in [2.75, 3.05) is 6.67 Å². The van der Waals surface area contributed by atoms with Crippen LogP contribution in [0.4, 0.5) is 8.78 Å². The first-order chi connectivity index (χ1) is 6.16. The van der Waals surface area contributed by atoms with Gasteiger partial charge in [-0.3, -0.25) is 4.39 Å². The molecule has 0 aliphatic rings. The van der Waals surface area contributed by atoms with Crippen LogP contribution in [0.2, 0.25) is 0 Å². The van der Waals surface area contributed by atoms with E-state index >= 15 is 0 Å². The fourth-order valence-electron chi connectivity index (χ4n) is 2.13. The zero-order chi connectivity index (χ0) is 10.3. The number of halogens is 2. The van der Waals surface area contributed by atoms with Gasteiger partial charge in [0.15, 0.2) is 0 Å². The summed E-state index contributed by atoms with van der Waals surface area (Å²) in [5.74, 6) is 0. The SMILES string of the molecule is CCCC(CC)(CCF)C(F)CC. The molecule has 0 aromatic carbocycles. The lowest BCUT2D eigenvalue weighted by Crippen LogP contribution is -2.32. The number of hydrogen-bond donors (Lipinski definition) is 0. The van der Waals surface area contributed by atoms with Crippen molar-refractivity contribution in [1.29, 1.82) is 0 Å². The second-order valence-corrected chi connectivity index (χ2v) is 3.78. The molecule has 0 amide bonds. The van der Waals surface area contributed by atoms with Crippen molar-refractivity contribution in [3.8, 4) is 0 Å². The predicted molar refractivity (Wildman–Crippen MR) is 53.4 cm³/mol. The summed E-state index contributed by atoms with van der Waals surface area (Å²) in [4.78, 5) is 0. The Morgan fingerprint density at radius 3 is 2.08 bits per heavy atom. The molecule has 2 unspecified atom stereocenters. The van der Waals surface area contributed by atoms with Gasteiger partial charge in [0.05, 0.1) is 6.67 Å². The number of hydrogen-bond acceptors (Lipinski definition) is 0. The van der Waals surface area contributed by atoms with Crippen LogP contribution in [0.25, 0.3) is 0 Å². The third-order valence-electron chi connectivity index (χ3n) is 3.07. The maximum Gasteiger partial charge on any atom is 0.106 e. The standard InChI is InChI=1S/C11H22F2/c1-4-7-11(6-3,8-9-12)10(13)5-2/h10H,4-9H2,1-3H3. The molecule has 0 heterocycles. The van der Waals surface area contributed by atoms with Crippen molar-refractivity contribution in [1.82, 2.24) is 0 Å². The molecule has 0 saturated heterocycles. The number of alkyl halides is 2. The molecule has 13 heavy (non-hydrogen) atoms. The van der Waals surface area contributed by atoms with E-state index in [2.05, 4.69) is 0 Å². The third-order valence-corrected chi connectivity index (χ3v) is 3.07. The van der Waals surface area contributed by atoms with Gasteiger partial charge in [-0.15, -0.1) is 0 Å². The molecule has 0 aromatic heterocycles. The third kappa shape index (κ3) is 3.24. The minimum atomic E-state index is -0.840. The van der Waals surface area contributed by atoms with Crippen LogP contribution < -0.4 is 0 Å². The van der Waals surface area contributed by atoms with Gasteiger partial charge >= 0.3 is 0 Å².